The maximum atomic E-state index is 11.8. The van der Waals surface area contributed by atoms with Crippen LogP contribution in [0.2, 0.25) is 0 Å². The average molecular weight is 241 g/mol. The number of hydrogen-bond donors (Lipinski definition) is 0. The van der Waals surface area contributed by atoms with E-state index >= 15 is 0 Å². The van der Waals surface area contributed by atoms with Crippen LogP contribution in [-0.4, -0.2) is 33.8 Å². The highest BCUT2D eigenvalue weighted by molar-refractivity contribution is 8.00. The van der Waals surface area contributed by atoms with Gasteiger partial charge in [0.05, 0.1) is 11.8 Å². The van der Waals surface area contributed by atoms with Crippen LogP contribution in [0, 0.1) is 5.41 Å². The second-order valence-electron chi connectivity index (χ2n) is 5.66. The maximum Gasteiger partial charge on any atom is 0.226 e. The molecule has 2 saturated heterocycles. The molecule has 1 amide bonds. The molecule has 2 fully saturated rings. The van der Waals surface area contributed by atoms with Gasteiger partial charge in [-0.2, -0.15) is 0 Å². The molecule has 0 aromatic carbocycles. The SMILES string of the molecule is CC(C)(C)C(=O)CCC1CS[C@H]2CC(=O)N12. The first-order valence-corrected chi connectivity index (χ1v) is 6.90. The summed E-state index contributed by atoms with van der Waals surface area (Å²) >= 11 is 1.86. The van der Waals surface area contributed by atoms with Crippen molar-refractivity contribution in [1.82, 2.24) is 4.90 Å². The van der Waals surface area contributed by atoms with Gasteiger partial charge in [0.15, 0.2) is 0 Å². The van der Waals surface area contributed by atoms with Crippen LogP contribution in [-0.2, 0) is 9.59 Å². The summed E-state index contributed by atoms with van der Waals surface area (Å²) in [4.78, 5) is 25.2. The lowest BCUT2D eigenvalue weighted by atomic mass is 9.87. The lowest BCUT2D eigenvalue weighted by Crippen LogP contribution is -2.51. The normalized spacial score (nSPS) is 28.9. The molecule has 0 saturated carbocycles. The fourth-order valence-corrected chi connectivity index (χ4v) is 3.66. The zero-order valence-corrected chi connectivity index (χ0v) is 11.0. The molecular formula is C12H19NO2S. The second kappa shape index (κ2) is 4.06. The lowest BCUT2D eigenvalue weighted by molar-refractivity contribution is -0.144. The van der Waals surface area contributed by atoms with Crippen LogP contribution in [0.1, 0.15) is 40.0 Å². The molecule has 16 heavy (non-hydrogen) atoms. The summed E-state index contributed by atoms with van der Waals surface area (Å²) in [6.07, 6.45) is 2.14. The first kappa shape index (κ1) is 12.0. The molecule has 4 heteroatoms. The van der Waals surface area contributed by atoms with Crippen LogP contribution in [0.15, 0.2) is 0 Å². The largest absolute Gasteiger partial charge is 0.326 e. The van der Waals surface area contributed by atoms with E-state index in [4.69, 9.17) is 0 Å². The molecule has 0 radical (unpaired) electrons. The second-order valence-corrected chi connectivity index (χ2v) is 6.87. The van der Waals surface area contributed by atoms with Gasteiger partial charge in [-0.25, -0.2) is 0 Å². The molecule has 0 spiro atoms. The predicted molar refractivity (Wildman–Crippen MR) is 65.2 cm³/mol. The molecule has 2 rings (SSSR count). The predicted octanol–water partition coefficient (Wildman–Crippen LogP) is 2.06. The van der Waals surface area contributed by atoms with Crippen molar-refractivity contribution in [2.24, 2.45) is 5.41 Å². The lowest BCUT2D eigenvalue weighted by Gasteiger charge is -2.37. The topological polar surface area (TPSA) is 37.4 Å². The Balaban J connectivity index is 1.83. The van der Waals surface area contributed by atoms with E-state index in [1.165, 1.54) is 0 Å². The van der Waals surface area contributed by atoms with Crippen molar-refractivity contribution in [3.8, 4) is 0 Å². The Hall–Kier alpha value is -0.510. The van der Waals surface area contributed by atoms with Crippen LogP contribution in [0.4, 0.5) is 0 Å². The first-order valence-electron chi connectivity index (χ1n) is 5.85. The Bertz CT molecular complexity index is 321. The molecule has 2 aliphatic rings. The van der Waals surface area contributed by atoms with E-state index in [2.05, 4.69) is 0 Å². The fraction of sp³-hybridized carbons (Fsp3) is 0.833. The number of carbonyl (C=O) groups excluding carboxylic acids is 2. The van der Waals surface area contributed by atoms with Gasteiger partial charge in [0.1, 0.15) is 5.78 Å². The highest BCUT2D eigenvalue weighted by Gasteiger charge is 2.46. The number of Topliss-reactive ketones (excluding diaryl/α,β-unsaturated/α-hetero) is 1. The third kappa shape index (κ3) is 2.12. The van der Waals surface area contributed by atoms with Crippen LogP contribution in [0.3, 0.4) is 0 Å². The third-order valence-corrected chi connectivity index (χ3v) is 4.72. The smallest absolute Gasteiger partial charge is 0.226 e. The monoisotopic (exact) mass is 241 g/mol. The number of amides is 1. The Labute approximate surface area is 101 Å². The summed E-state index contributed by atoms with van der Waals surface area (Å²) in [7, 11) is 0. The van der Waals surface area contributed by atoms with Crippen molar-refractivity contribution in [3.05, 3.63) is 0 Å². The molecule has 0 aliphatic carbocycles. The van der Waals surface area contributed by atoms with Gasteiger partial charge in [-0.1, -0.05) is 20.8 Å². The summed E-state index contributed by atoms with van der Waals surface area (Å²) in [5.41, 5.74) is -0.246. The third-order valence-electron chi connectivity index (χ3n) is 3.36. The van der Waals surface area contributed by atoms with Crippen LogP contribution in [0.25, 0.3) is 0 Å². The number of nitrogens with zero attached hydrogens (tertiary/aromatic N) is 1. The van der Waals surface area contributed by atoms with E-state index in [1.807, 2.05) is 37.4 Å². The minimum Gasteiger partial charge on any atom is -0.326 e. The molecule has 0 bridgehead atoms. The Morgan fingerprint density at radius 1 is 1.50 bits per heavy atom. The summed E-state index contributed by atoms with van der Waals surface area (Å²) in [6.45, 7) is 5.86. The zero-order valence-electron chi connectivity index (χ0n) is 10.2. The highest BCUT2D eigenvalue weighted by atomic mass is 32.2. The molecule has 90 valence electrons. The Morgan fingerprint density at radius 2 is 2.19 bits per heavy atom. The molecule has 1 unspecified atom stereocenters. The number of fused-ring (bicyclic) bond motifs is 1. The van der Waals surface area contributed by atoms with Gasteiger partial charge in [0.25, 0.3) is 0 Å². The molecule has 0 N–H and O–H groups in total. The van der Waals surface area contributed by atoms with Gasteiger partial charge in [0, 0.05) is 23.6 Å². The summed E-state index contributed by atoms with van der Waals surface area (Å²) in [5, 5.41) is 0.419. The van der Waals surface area contributed by atoms with Crippen LogP contribution >= 0.6 is 11.8 Å². The number of thioether (sulfide) groups is 1. The van der Waals surface area contributed by atoms with E-state index in [1.54, 1.807) is 0 Å². The summed E-state index contributed by atoms with van der Waals surface area (Å²) in [5.74, 6) is 1.57. The average Bonchev–Trinajstić information content (AvgIpc) is 2.49. The van der Waals surface area contributed by atoms with Gasteiger partial charge < -0.3 is 4.90 Å². The van der Waals surface area contributed by atoms with Gasteiger partial charge in [-0.05, 0) is 6.42 Å². The number of ketones is 1. The summed E-state index contributed by atoms with van der Waals surface area (Å²) in [6, 6.07) is 0.308. The zero-order chi connectivity index (χ0) is 11.9. The molecule has 2 aliphatic heterocycles. The van der Waals surface area contributed by atoms with Crippen molar-refractivity contribution < 1.29 is 9.59 Å². The maximum absolute atomic E-state index is 11.8. The Kier molecular flexibility index (Phi) is 3.03. The number of hydrogen-bond acceptors (Lipinski definition) is 3. The molecule has 0 aromatic heterocycles. The van der Waals surface area contributed by atoms with Gasteiger partial charge in [-0.15, -0.1) is 11.8 Å². The number of carbonyl (C=O) groups is 2. The van der Waals surface area contributed by atoms with Crippen molar-refractivity contribution in [1.29, 1.82) is 0 Å². The highest BCUT2D eigenvalue weighted by Crippen LogP contribution is 2.40. The molecule has 0 aromatic rings. The molecular weight excluding hydrogens is 222 g/mol. The molecule has 2 atom stereocenters. The molecule has 2 heterocycles. The number of β-lactam (4-membered cyclic amide) rings is 1. The van der Waals surface area contributed by atoms with Gasteiger partial charge in [-0.3, -0.25) is 9.59 Å². The van der Waals surface area contributed by atoms with Gasteiger partial charge >= 0.3 is 0 Å². The van der Waals surface area contributed by atoms with Crippen molar-refractivity contribution in [2.45, 2.75) is 51.4 Å². The van der Waals surface area contributed by atoms with E-state index in [0.717, 1.165) is 12.2 Å². The molecule has 3 nitrogen and oxygen atoms in total. The van der Waals surface area contributed by atoms with E-state index < -0.39 is 0 Å². The standard InChI is InChI=1S/C12H19NO2S/c1-12(2,3)9(14)5-4-8-7-16-11-6-10(15)13(8)11/h8,11H,4-7H2,1-3H3/t8?,11-/m0/s1. The van der Waals surface area contributed by atoms with Gasteiger partial charge in [0.2, 0.25) is 5.91 Å². The van der Waals surface area contributed by atoms with Crippen molar-refractivity contribution in [3.63, 3.8) is 0 Å². The number of rotatable bonds is 3. The summed E-state index contributed by atoms with van der Waals surface area (Å²) < 4.78 is 0. The minimum atomic E-state index is -0.246. The fourth-order valence-electron chi connectivity index (χ4n) is 2.18. The van der Waals surface area contributed by atoms with Crippen LogP contribution < -0.4 is 0 Å². The van der Waals surface area contributed by atoms with Crippen molar-refractivity contribution in [2.75, 3.05) is 5.75 Å². The first-order chi connectivity index (χ1) is 7.39. The quantitative estimate of drug-likeness (QED) is 0.710. The van der Waals surface area contributed by atoms with Crippen LogP contribution in [0.5, 0.6) is 0 Å². The Morgan fingerprint density at radius 3 is 2.75 bits per heavy atom. The van der Waals surface area contributed by atoms with E-state index in [-0.39, 0.29) is 11.3 Å². The minimum absolute atomic E-state index is 0.246. The van der Waals surface area contributed by atoms with Crippen molar-refractivity contribution >= 4 is 23.5 Å². The van der Waals surface area contributed by atoms with E-state index in [9.17, 15) is 9.59 Å². The van der Waals surface area contributed by atoms with E-state index in [0.29, 0.717) is 30.0 Å².